The summed E-state index contributed by atoms with van der Waals surface area (Å²) < 4.78 is 0. The summed E-state index contributed by atoms with van der Waals surface area (Å²) in [5, 5.41) is 1.09. The Morgan fingerprint density at radius 3 is 1.19 bits per heavy atom. The van der Waals surface area contributed by atoms with Crippen LogP contribution in [0.3, 0.4) is 0 Å². The molecule has 0 fully saturated rings. The molecule has 0 aliphatic heterocycles. The molecule has 0 bridgehead atoms. The summed E-state index contributed by atoms with van der Waals surface area (Å²) in [4.78, 5) is 20.0. The third-order valence-corrected chi connectivity index (χ3v) is 9.39. The van der Waals surface area contributed by atoms with E-state index in [0.29, 0.717) is 17.5 Å². The molecule has 0 N–H and O–H groups in total. The number of nitrogens with zero attached hydrogens (tertiary/aromatic N) is 4. The van der Waals surface area contributed by atoms with Crippen LogP contribution in [0.2, 0.25) is 0 Å². The van der Waals surface area contributed by atoms with Gasteiger partial charge >= 0.3 is 0 Å². The van der Waals surface area contributed by atoms with Gasteiger partial charge in [0.15, 0.2) is 17.5 Å². The first kappa shape index (κ1) is 31.0. The largest absolute Gasteiger partial charge is 0.256 e. The molecule has 0 aliphatic carbocycles. The van der Waals surface area contributed by atoms with Crippen molar-refractivity contribution in [2.75, 3.05) is 0 Å². The van der Waals surface area contributed by atoms with E-state index >= 15 is 0 Å². The fourth-order valence-electron chi connectivity index (χ4n) is 6.70. The Morgan fingerprint density at radius 1 is 0.269 bits per heavy atom. The average molecular weight is 665 g/mol. The maximum atomic E-state index is 5.16. The molecule has 0 amide bonds. The number of aromatic nitrogens is 4. The van der Waals surface area contributed by atoms with Crippen molar-refractivity contribution in [3.05, 3.63) is 194 Å². The number of para-hydroxylation sites is 1. The van der Waals surface area contributed by atoms with Crippen LogP contribution in [0.5, 0.6) is 0 Å². The molecule has 0 saturated carbocycles. The molecule has 9 rings (SSSR count). The second-order valence-electron chi connectivity index (χ2n) is 12.7. The molecule has 0 saturated heterocycles. The zero-order valence-corrected chi connectivity index (χ0v) is 28.3. The van der Waals surface area contributed by atoms with Gasteiger partial charge in [-0.2, -0.15) is 0 Å². The molecule has 0 radical (unpaired) electrons. The van der Waals surface area contributed by atoms with E-state index in [4.69, 9.17) is 15.0 Å². The fourth-order valence-corrected chi connectivity index (χ4v) is 6.70. The zero-order chi connectivity index (χ0) is 34.7. The van der Waals surface area contributed by atoms with Gasteiger partial charge in [-0.05, 0) is 74.8 Å². The van der Waals surface area contributed by atoms with Crippen molar-refractivity contribution in [3.8, 4) is 78.7 Å². The second-order valence-corrected chi connectivity index (χ2v) is 12.7. The molecular formula is C48H32N4. The predicted molar refractivity (Wildman–Crippen MR) is 213 cm³/mol. The van der Waals surface area contributed by atoms with E-state index in [1.165, 1.54) is 11.1 Å². The summed E-state index contributed by atoms with van der Waals surface area (Å²) in [5.74, 6) is 1.84. The normalized spacial score (nSPS) is 11.1. The van der Waals surface area contributed by atoms with Crippen molar-refractivity contribution in [1.29, 1.82) is 0 Å². The summed E-state index contributed by atoms with van der Waals surface area (Å²) in [6, 6.07) is 65.1. The number of pyridine rings is 1. The number of hydrogen-bond donors (Lipinski definition) is 0. The van der Waals surface area contributed by atoms with Crippen molar-refractivity contribution in [2.45, 2.75) is 0 Å². The van der Waals surface area contributed by atoms with Gasteiger partial charge in [0.1, 0.15) is 0 Å². The molecule has 0 unspecified atom stereocenters. The number of benzene rings is 7. The van der Waals surface area contributed by atoms with Gasteiger partial charge in [0.2, 0.25) is 0 Å². The van der Waals surface area contributed by atoms with Crippen LogP contribution >= 0.6 is 0 Å². The smallest absolute Gasteiger partial charge is 0.164 e. The standard InChI is InChI=1S/C48H32N4/c1-4-12-33(13-5-1)36-20-24-38(25-21-36)46-50-47(39-26-22-37(23-27-39)34-14-6-2-7-15-34)52-48(51-46)42-31-40(35-16-8-3-9-17-35)30-41(32-42)43-28-29-49-45-19-11-10-18-44(43)45/h1-32H. The third kappa shape index (κ3) is 6.26. The highest BCUT2D eigenvalue weighted by atomic mass is 15.0. The minimum atomic E-state index is 0.608. The summed E-state index contributed by atoms with van der Waals surface area (Å²) in [6.07, 6.45) is 1.88. The van der Waals surface area contributed by atoms with Crippen molar-refractivity contribution >= 4 is 10.9 Å². The monoisotopic (exact) mass is 664 g/mol. The molecule has 0 aliphatic rings. The quantitative estimate of drug-likeness (QED) is 0.170. The molecule has 0 atom stereocenters. The number of fused-ring (bicyclic) bond motifs is 1. The van der Waals surface area contributed by atoms with Crippen molar-refractivity contribution < 1.29 is 0 Å². The number of hydrogen-bond acceptors (Lipinski definition) is 4. The third-order valence-electron chi connectivity index (χ3n) is 9.39. The van der Waals surface area contributed by atoms with Crippen LogP contribution in [0.25, 0.3) is 89.6 Å². The Bertz CT molecular complexity index is 2530. The van der Waals surface area contributed by atoms with E-state index in [1.807, 2.05) is 30.5 Å². The molecule has 9 aromatic rings. The van der Waals surface area contributed by atoms with Crippen LogP contribution in [-0.2, 0) is 0 Å². The van der Waals surface area contributed by atoms with Gasteiger partial charge in [-0.3, -0.25) is 4.98 Å². The first-order chi connectivity index (χ1) is 25.7. The molecule has 2 aromatic heterocycles. The highest BCUT2D eigenvalue weighted by molar-refractivity contribution is 5.96. The van der Waals surface area contributed by atoms with E-state index in [0.717, 1.165) is 61.0 Å². The van der Waals surface area contributed by atoms with Crippen LogP contribution in [0.1, 0.15) is 0 Å². The first-order valence-electron chi connectivity index (χ1n) is 17.4. The van der Waals surface area contributed by atoms with E-state index in [-0.39, 0.29) is 0 Å². The maximum Gasteiger partial charge on any atom is 0.164 e. The summed E-state index contributed by atoms with van der Waals surface area (Å²) in [7, 11) is 0. The Balaban J connectivity index is 1.22. The van der Waals surface area contributed by atoms with Crippen LogP contribution in [0.15, 0.2) is 194 Å². The van der Waals surface area contributed by atoms with Gasteiger partial charge in [0.05, 0.1) is 5.52 Å². The highest BCUT2D eigenvalue weighted by Crippen LogP contribution is 2.36. The lowest BCUT2D eigenvalue weighted by atomic mass is 9.94. The molecule has 244 valence electrons. The zero-order valence-electron chi connectivity index (χ0n) is 28.3. The minimum Gasteiger partial charge on any atom is -0.256 e. The van der Waals surface area contributed by atoms with Crippen LogP contribution in [0.4, 0.5) is 0 Å². The van der Waals surface area contributed by atoms with Crippen LogP contribution < -0.4 is 0 Å². The van der Waals surface area contributed by atoms with Crippen molar-refractivity contribution in [1.82, 2.24) is 19.9 Å². The van der Waals surface area contributed by atoms with Crippen LogP contribution in [0, 0.1) is 0 Å². The van der Waals surface area contributed by atoms with Gasteiger partial charge < -0.3 is 0 Å². The Hall–Kier alpha value is -7.04. The maximum absolute atomic E-state index is 5.16. The fraction of sp³-hybridized carbons (Fsp3) is 0. The second kappa shape index (κ2) is 13.7. The topological polar surface area (TPSA) is 51.6 Å². The summed E-state index contributed by atoms with van der Waals surface area (Å²) in [6.45, 7) is 0. The molecule has 2 heterocycles. The molecule has 4 heteroatoms. The van der Waals surface area contributed by atoms with Gasteiger partial charge in [-0.15, -0.1) is 0 Å². The lowest BCUT2D eigenvalue weighted by Gasteiger charge is -2.14. The van der Waals surface area contributed by atoms with Crippen molar-refractivity contribution in [3.63, 3.8) is 0 Å². The molecule has 0 spiro atoms. The lowest BCUT2D eigenvalue weighted by Crippen LogP contribution is -2.01. The Kier molecular flexibility index (Phi) is 8.16. The van der Waals surface area contributed by atoms with Gasteiger partial charge in [0, 0.05) is 28.3 Å². The van der Waals surface area contributed by atoms with Crippen molar-refractivity contribution in [2.24, 2.45) is 0 Å². The van der Waals surface area contributed by atoms with Gasteiger partial charge in [-0.25, -0.2) is 15.0 Å². The average Bonchev–Trinajstić information content (AvgIpc) is 3.24. The first-order valence-corrected chi connectivity index (χ1v) is 17.4. The number of rotatable bonds is 7. The molecule has 4 nitrogen and oxygen atoms in total. The van der Waals surface area contributed by atoms with Gasteiger partial charge in [0.25, 0.3) is 0 Å². The Labute approximate surface area is 302 Å². The SMILES string of the molecule is c1ccc(-c2ccc(-c3nc(-c4ccc(-c5ccccc5)cc4)nc(-c4cc(-c5ccccc5)cc(-c5ccnc6ccccc56)c4)n3)cc2)cc1. The summed E-state index contributed by atoms with van der Waals surface area (Å²) >= 11 is 0. The molecule has 52 heavy (non-hydrogen) atoms. The van der Waals surface area contributed by atoms with E-state index in [9.17, 15) is 0 Å². The van der Waals surface area contributed by atoms with Crippen LogP contribution in [-0.4, -0.2) is 19.9 Å². The van der Waals surface area contributed by atoms with E-state index in [1.54, 1.807) is 0 Å². The summed E-state index contributed by atoms with van der Waals surface area (Å²) in [5.41, 5.74) is 12.7. The Morgan fingerprint density at radius 2 is 0.654 bits per heavy atom. The van der Waals surface area contributed by atoms with Gasteiger partial charge in [-0.1, -0.05) is 158 Å². The predicted octanol–water partition coefficient (Wildman–Crippen LogP) is 12.1. The van der Waals surface area contributed by atoms with E-state index in [2.05, 4.69) is 169 Å². The molecular weight excluding hydrogens is 633 g/mol. The molecule has 7 aromatic carbocycles. The lowest BCUT2D eigenvalue weighted by molar-refractivity contribution is 1.07. The minimum absolute atomic E-state index is 0.608. The van der Waals surface area contributed by atoms with E-state index < -0.39 is 0 Å². The highest BCUT2D eigenvalue weighted by Gasteiger charge is 2.16.